The van der Waals surface area contributed by atoms with Gasteiger partial charge >= 0.3 is 0 Å². The lowest BCUT2D eigenvalue weighted by Crippen LogP contribution is -2.41. The summed E-state index contributed by atoms with van der Waals surface area (Å²) in [6, 6.07) is 4.77. The molecule has 0 bridgehead atoms. The summed E-state index contributed by atoms with van der Waals surface area (Å²) < 4.78 is 5.08. The first kappa shape index (κ1) is 14.7. The summed E-state index contributed by atoms with van der Waals surface area (Å²) in [5.41, 5.74) is 0.805. The van der Waals surface area contributed by atoms with Gasteiger partial charge in [-0.2, -0.15) is 0 Å². The normalized spacial score (nSPS) is 22.5. The SMILES string of the molecule is COc1cc(CNC2CCCCC2O)cc([N+](=O)[O-])c1. The van der Waals surface area contributed by atoms with Crippen molar-refractivity contribution in [1.82, 2.24) is 5.32 Å². The highest BCUT2D eigenvalue weighted by Crippen LogP contribution is 2.23. The second kappa shape index (κ2) is 6.67. The van der Waals surface area contributed by atoms with Crippen LogP contribution in [0.15, 0.2) is 18.2 Å². The third-order valence-electron chi connectivity index (χ3n) is 3.70. The van der Waals surface area contributed by atoms with Crippen molar-refractivity contribution in [3.8, 4) is 5.75 Å². The third kappa shape index (κ3) is 3.68. The van der Waals surface area contributed by atoms with E-state index in [-0.39, 0.29) is 17.8 Å². The highest BCUT2D eigenvalue weighted by molar-refractivity contribution is 5.42. The molecule has 20 heavy (non-hydrogen) atoms. The van der Waals surface area contributed by atoms with Crippen LogP contribution in [-0.2, 0) is 6.54 Å². The summed E-state index contributed by atoms with van der Waals surface area (Å²) in [6.45, 7) is 0.486. The Morgan fingerprint density at radius 3 is 2.80 bits per heavy atom. The third-order valence-corrected chi connectivity index (χ3v) is 3.70. The molecular weight excluding hydrogens is 260 g/mol. The van der Waals surface area contributed by atoms with Crippen LogP contribution >= 0.6 is 0 Å². The number of aliphatic hydroxyl groups excluding tert-OH is 1. The molecule has 0 heterocycles. The molecule has 1 fully saturated rings. The van der Waals surface area contributed by atoms with Gasteiger partial charge in [0, 0.05) is 18.7 Å². The van der Waals surface area contributed by atoms with Gasteiger partial charge in [0.05, 0.1) is 24.2 Å². The van der Waals surface area contributed by atoms with Gasteiger partial charge in [0.25, 0.3) is 5.69 Å². The highest BCUT2D eigenvalue weighted by Gasteiger charge is 2.22. The minimum absolute atomic E-state index is 0.0188. The van der Waals surface area contributed by atoms with E-state index in [9.17, 15) is 15.2 Å². The first-order valence-electron chi connectivity index (χ1n) is 6.84. The van der Waals surface area contributed by atoms with Crippen molar-refractivity contribution >= 4 is 5.69 Å². The molecule has 0 aromatic heterocycles. The first-order chi connectivity index (χ1) is 9.60. The van der Waals surface area contributed by atoms with Crippen LogP contribution in [0.5, 0.6) is 5.75 Å². The lowest BCUT2D eigenvalue weighted by atomic mass is 9.92. The fourth-order valence-corrected chi connectivity index (χ4v) is 2.57. The number of ether oxygens (including phenoxy) is 1. The van der Waals surface area contributed by atoms with Crippen LogP contribution in [0.1, 0.15) is 31.2 Å². The molecule has 0 radical (unpaired) electrons. The molecule has 6 heteroatoms. The molecule has 2 N–H and O–H groups in total. The maximum atomic E-state index is 10.9. The van der Waals surface area contributed by atoms with Crippen LogP contribution < -0.4 is 10.1 Å². The summed E-state index contributed by atoms with van der Waals surface area (Å²) >= 11 is 0. The number of nitrogens with one attached hydrogen (secondary N) is 1. The van der Waals surface area contributed by atoms with Crippen molar-refractivity contribution in [3.05, 3.63) is 33.9 Å². The van der Waals surface area contributed by atoms with Gasteiger partial charge in [0.1, 0.15) is 5.75 Å². The van der Waals surface area contributed by atoms with Crippen LogP contribution in [0.2, 0.25) is 0 Å². The Bertz CT molecular complexity index is 478. The van der Waals surface area contributed by atoms with E-state index in [2.05, 4.69) is 5.32 Å². The quantitative estimate of drug-likeness (QED) is 0.636. The van der Waals surface area contributed by atoms with Gasteiger partial charge in [0.2, 0.25) is 0 Å². The molecule has 1 aliphatic carbocycles. The molecular formula is C14H20N2O4. The van der Waals surface area contributed by atoms with Gasteiger partial charge in [-0.25, -0.2) is 0 Å². The van der Waals surface area contributed by atoms with Gasteiger partial charge in [-0.3, -0.25) is 10.1 Å². The number of methoxy groups -OCH3 is 1. The number of nitro groups is 1. The van der Waals surface area contributed by atoms with E-state index in [0.29, 0.717) is 12.3 Å². The Kier molecular flexibility index (Phi) is 4.92. The minimum Gasteiger partial charge on any atom is -0.496 e. The van der Waals surface area contributed by atoms with Crippen molar-refractivity contribution in [1.29, 1.82) is 0 Å². The maximum Gasteiger partial charge on any atom is 0.273 e. The van der Waals surface area contributed by atoms with Gasteiger partial charge in [-0.1, -0.05) is 12.8 Å². The molecule has 0 spiro atoms. The summed E-state index contributed by atoms with van der Waals surface area (Å²) in [4.78, 5) is 10.4. The number of hydrogen-bond donors (Lipinski definition) is 2. The summed E-state index contributed by atoms with van der Waals surface area (Å²) in [6.07, 6.45) is 3.59. The van der Waals surface area contributed by atoms with Gasteiger partial charge in [-0.15, -0.1) is 0 Å². The van der Waals surface area contributed by atoms with Gasteiger partial charge in [-0.05, 0) is 24.5 Å². The fourth-order valence-electron chi connectivity index (χ4n) is 2.57. The van der Waals surface area contributed by atoms with Gasteiger partial charge in [0.15, 0.2) is 0 Å². The monoisotopic (exact) mass is 280 g/mol. The van der Waals surface area contributed by atoms with Crippen molar-refractivity contribution in [3.63, 3.8) is 0 Å². The lowest BCUT2D eigenvalue weighted by molar-refractivity contribution is -0.385. The number of benzene rings is 1. The molecule has 0 aliphatic heterocycles. The predicted octanol–water partition coefficient (Wildman–Crippen LogP) is 2.00. The molecule has 1 aromatic rings. The lowest BCUT2D eigenvalue weighted by Gasteiger charge is -2.28. The van der Waals surface area contributed by atoms with E-state index < -0.39 is 4.92 Å². The van der Waals surface area contributed by atoms with Crippen molar-refractivity contribution in [2.45, 2.75) is 44.4 Å². The van der Waals surface area contributed by atoms with Crippen molar-refractivity contribution < 1.29 is 14.8 Å². The Balaban J connectivity index is 2.04. The summed E-state index contributed by atoms with van der Waals surface area (Å²) in [7, 11) is 1.49. The van der Waals surface area contributed by atoms with Crippen molar-refractivity contribution in [2.75, 3.05) is 7.11 Å². The van der Waals surface area contributed by atoms with Crippen LogP contribution in [0, 0.1) is 10.1 Å². The van der Waals surface area contributed by atoms with Crippen LogP contribution in [0.25, 0.3) is 0 Å². The molecule has 6 nitrogen and oxygen atoms in total. The van der Waals surface area contributed by atoms with Crippen LogP contribution in [0.4, 0.5) is 5.69 Å². The second-order valence-corrected chi connectivity index (χ2v) is 5.14. The number of hydrogen-bond acceptors (Lipinski definition) is 5. The average Bonchev–Trinajstić information content (AvgIpc) is 2.46. The Labute approximate surface area is 117 Å². The Morgan fingerprint density at radius 1 is 1.40 bits per heavy atom. The van der Waals surface area contributed by atoms with E-state index in [4.69, 9.17) is 4.74 Å². The molecule has 1 aliphatic rings. The number of rotatable bonds is 5. The molecule has 0 amide bonds. The van der Waals surface area contributed by atoms with Crippen molar-refractivity contribution in [2.24, 2.45) is 0 Å². The van der Waals surface area contributed by atoms with E-state index in [1.54, 1.807) is 6.07 Å². The minimum atomic E-state index is -0.429. The first-order valence-corrected chi connectivity index (χ1v) is 6.84. The largest absolute Gasteiger partial charge is 0.496 e. The molecule has 2 atom stereocenters. The fraction of sp³-hybridized carbons (Fsp3) is 0.571. The molecule has 110 valence electrons. The molecule has 1 aromatic carbocycles. The van der Waals surface area contributed by atoms with E-state index in [1.807, 2.05) is 0 Å². The highest BCUT2D eigenvalue weighted by atomic mass is 16.6. The average molecular weight is 280 g/mol. The molecule has 0 saturated heterocycles. The zero-order valence-electron chi connectivity index (χ0n) is 11.5. The zero-order valence-corrected chi connectivity index (χ0v) is 11.5. The smallest absolute Gasteiger partial charge is 0.273 e. The Hall–Kier alpha value is -1.66. The van der Waals surface area contributed by atoms with E-state index in [1.165, 1.54) is 19.2 Å². The second-order valence-electron chi connectivity index (χ2n) is 5.14. The number of non-ortho nitro benzene ring substituents is 1. The molecule has 2 rings (SSSR count). The number of nitro benzene ring substituents is 1. The van der Waals surface area contributed by atoms with Crippen LogP contribution in [0.3, 0.4) is 0 Å². The zero-order chi connectivity index (χ0) is 14.5. The van der Waals surface area contributed by atoms with E-state index >= 15 is 0 Å². The van der Waals surface area contributed by atoms with Gasteiger partial charge < -0.3 is 15.2 Å². The summed E-state index contributed by atoms with van der Waals surface area (Å²) in [5, 5.41) is 24.0. The standard InChI is InChI=1S/C14H20N2O4/c1-20-12-7-10(6-11(8-12)16(18)19)9-15-13-4-2-3-5-14(13)17/h6-8,13-15,17H,2-5,9H2,1H3. The number of nitrogens with zero attached hydrogens (tertiary/aromatic N) is 1. The van der Waals surface area contributed by atoms with Crippen LogP contribution in [-0.4, -0.2) is 29.3 Å². The topological polar surface area (TPSA) is 84.6 Å². The number of aliphatic hydroxyl groups is 1. The summed E-state index contributed by atoms with van der Waals surface area (Å²) in [5.74, 6) is 0.472. The molecule has 1 saturated carbocycles. The maximum absolute atomic E-state index is 10.9. The Morgan fingerprint density at radius 2 is 2.15 bits per heavy atom. The molecule has 2 unspecified atom stereocenters. The van der Waals surface area contributed by atoms with E-state index in [0.717, 1.165) is 31.2 Å². The predicted molar refractivity (Wildman–Crippen MR) is 74.8 cm³/mol.